The molecule has 1 spiro atoms. The Labute approximate surface area is 266 Å². The average molecular weight is 613 g/mol. The molecule has 0 radical (unpaired) electrons. The van der Waals surface area contributed by atoms with E-state index < -0.39 is 5.41 Å². The molecule has 0 bridgehead atoms. The van der Waals surface area contributed by atoms with Gasteiger partial charge in [0.1, 0.15) is 0 Å². The number of ether oxygens (including phenoxy) is 1. The molecule has 7 nitrogen and oxygen atoms in total. The highest BCUT2D eigenvalue weighted by Gasteiger charge is 2.47. The van der Waals surface area contributed by atoms with E-state index in [2.05, 4.69) is 66.8 Å². The summed E-state index contributed by atoms with van der Waals surface area (Å²) in [5.74, 6) is -0.333. The highest BCUT2D eigenvalue weighted by atomic mass is 19.1. The molecule has 4 aliphatic rings. The number of halogens is 1. The van der Waals surface area contributed by atoms with E-state index in [1.165, 1.54) is 11.1 Å². The third-order valence-electron chi connectivity index (χ3n) is 10.3. The molecule has 2 unspecified atom stereocenters. The van der Waals surface area contributed by atoms with Crippen LogP contribution < -0.4 is 20.9 Å². The van der Waals surface area contributed by atoms with Crippen LogP contribution in [0.15, 0.2) is 65.2 Å². The maximum atomic E-state index is 14.0. The standard InChI is InChI=1S/C37H45FN4O3/c1-6-42(29-11-15-45-16-12-29)34-20-27(18-30(24(34)4)35(43)39-21-31-22(2)17-23(3)40-25(31)5)26-7-8-33-32(19-26)37(36(44)41-33)13-9-28(38)10-14-37/h7-9,17-20,25,29,40H,6,10-16,21H2,1-5H3,(H,39,43)(H,41,44). The summed E-state index contributed by atoms with van der Waals surface area (Å²) in [6.07, 6.45) is 6.59. The lowest BCUT2D eigenvalue weighted by Crippen LogP contribution is -2.40. The maximum absolute atomic E-state index is 14.0. The number of rotatable bonds is 7. The number of amides is 2. The molecule has 1 fully saturated rings. The van der Waals surface area contributed by atoms with Crippen LogP contribution in [0.3, 0.4) is 0 Å². The first kappa shape index (κ1) is 31.1. The third-order valence-corrected chi connectivity index (χ3v) is 10.3. The molecular weight excluding hydrogens is 567 g/mol. The van der Waals surface area contributed by atoms with Gasteiger partial charge >= 0.3 is 0 Å². The number of dihydropyridines is 1. The Morgan fingerprint density at radius 3 is 2.60 bits per heavy atom. The van der Waals surface area contributed by atoms with Gasteiger partial charge in [0.15, 0.2) is 0 Å². The number of fused-ring (bicyclic) bond motifs is 2. The summed E-state index contributed by atoms with van der Waals surface area (Å²) >= 11 is 0. The summed E-state index contributed by atoms with van der Waals surface area (Å²) in [5.41, 5.74) is 8.87. The van der Waals surface area contributed by atoms with E-state index in [0.717, 1.165) is 71.9 Å². The number of hydrogen-bond acceptors (Lipinski definition) is 5. The lowest BCUT2D eigenvalue weighted by atomic mass is 9.72. The van der Waals surface area contributed by atoms with Gasteiger partial charge in [-0.15, -0.1) is 0 Å². The minimum absolute atomic E-state index is 0.0687. The Bertz CT molecular complexity index is 1620. The largest absolute Gasteiger partial charge is 0.382 e. The number of carbonyl (C=O) groups is 2. The van der Waals surface area contributed by atoms with Gasteiger partial charge in [-0.3, -0.25) is 9.59 Å². The number of allylic oxidation sites excluding steroid dienone is 5. The van der Waals surface area contributed by atoms with E-state index in [1.807, 2.05) is 25.1 Å². The first-order chi connectivity index (χ1) is 21.6. The first-order valence-electron chi connectivity index (χ1n) is 16.3. The first-order valence-corrected chi connectivity index (χ1v) is 16.3. The van der Waals surface area contributed by atoms with Crippen molar-refractivity contribution in [3.05, 3.63) is 81.8 Å². The normalized spacial score (nSPS) is 23.2. The molecule has 3 heterocycles. The van der Waals surface area contributed by atoms with Crippen molar-refractivity contribution in [1.29, 1.82) is 0 Å². The van der Waals surface area contributed by atoms with Crippen LogP contribution in [0.4, 0.5) is 15.8 Å². The summed E-state index contributed by atoms with van der Waals surface area (Å²) in [6.45, 7) is 13.2. The molecule has 2 aromatic carbocycles. The summed E-state index contributed by atoms with van der Waals surface area (Å²) < 4.78 is 19.7. The summed E-state index contributed by atoms with van der Waals surface area (Å²) in [5, 5.41) is 9.73. The Morgan fingerprint density at radius 2 is 1.91 bits per heavy atom. The van der Waals surface area contributed by atoms with Crippen LogP contribution in [-0.2, 0) is 14.9 Å². The molecule has 3 N–H and O–H groups in total. The number of benzene rings is 2. The molecule has 2 atom stereocenters. The van der Waals surface area contributed by atoms with E-state index in [4.69, 9.17) is 4.74 Å². The fraction of sp³-hybridized carbons (Fsp3) is 0.459. The number of nitrogens with zero attached hydrogens (tertiary/aromatic N) is 1. The molecule has 0 aromatic heterocycles. The zero-order valence-corrected chi connectivity index (χ0v) is 27.1. The number of anilines is 2. The van der Waals surface area contributed by atoms with Gasteiger partial charge < -0.3 is 25.6 Å². The lowest BCUT2D eigenvalue weighted by molar-refractivity contribution is -0.121. The Hall–Kier alpha value is -3.91. The van der Waals surface area contributed by atoms with Gasteiger partial charge in [0, 0.05) is 67.4 Å². The summed E-state index contributed by atoms with van der Waals surface area (Å²) in [4.78, 5) is 29.7. The van der Waals surface area contributed by atoms with E-state index in [-0.39, 0.29) is 30.1 Å². The zero-order chi connectivity index (χ0) is 31.9. The van der Waals surface area contributed by atoms with Gasteiger partial charge in [-0.25, -0.2) is 4.39 Å². The summed E-state index contributed by atoms with van der Waals surface area (Å²) in [6, 6.07) is 10.7. The van der Waals surface area contributed by atoms with Crippen LogP contribution in [0.5, 0.6) is 0 Å². The van der Waals surface area contributed by atoms with Gasteiger partial charge in [-0.1, -0.05) is 12.1 Å². The monoisotopic (exact) mass is 612 g/mol. The highest BCUT2D eigenvalue weighted by molar-refractivity contribution is 6.07. The molecule has 0 saturated carbocycles. The maximum Gasteiger partial charge on any atom is 0.251 e. The summed E-state index contributed by atoms with van der Waals surface area (Å²) in [7, 11) is 0. The molecular formula is C37H45FN4O3. The van der Waals surface area contributed by atoms with E-state index in [0.29, 0.717) is 31.0 Å². The van der Waals surface area contributed by atoms with Crippen LogP contribution in [0.25, 0.3) is 11.1 Å². The van der Waals surface area contributed by atoms with Gasteiger partial charge in [-0.2, -0.15) is 0 Å². The molecule has 45 heavy (non-hydrogen) atoms. The minimum Gasteiger partial charge on any atom is -0.382 e. The topological polar surface area (TPSA) is 82.7 Å². The van der Waals surface area contributed by atoms with Crippen LogP contribution in [0.2, 0.25) is 0 Å². The van der Waals surface area contributed by atoms with Crippen molar-refractivity contribution in [2.75, 3.05) is 36.5 Å². The second-order valence-electron chi connectivity index (χ2n) is 13.0. The van der Waals surface area contributed by atoms with Crippen LogP contribution in [0.1, 0.15) is 81.3 Å². The Balaban J connectivity index is 1.41. The lowest BCUT2D eigenvalue weighted by Gasteiger charge is -2.37. The molecule has 6 rings (SSSR count). The fourth-order valence-electron chi connectivity index (χ4n) is 7.68. The second kappa shape index (κ2) is 12.5. The predicted octanol–water partition coefficient (Wildman–Crippen LogP) is 6.84. The molecule has 8 heteroatoms. The van der Waals surface area contributed by atoms with Gasteiger partial charge in [0.05, 0.1) is 11.2 Å². The SMILES string of the molecule is CCN(c1cc(-c2ccc3c(c2)C2(CC=C(F)CC2)C(=O)N3)cc(C(=O)NCC2=C(C)C=C(C)NC2C)c1C)C1CCOCC1. The van der Waals surface area contributed by atoms with Crippen molar-refractivity contribution in [2.45, 2.75) is 84.2 Å². The van der Waals surface area contributed by atoms with E-state index >= 15 is 0 Å². The van der Waals surface area contributed by atoms with Gasteiger partial charge in [0.2, 0.25) is 5.91 Å². The fourth-order valence-corrected chi connectivity index (χ4v) is 7.68. The molecule has 238 valence electrons. The quantitative estimate of drug-likeness (QED) is 0.319. The van der Waals surface area contributed by atoms with Crippen molar-refractivity contribution in [2.24, 2.45) is 0 Å². The second-order valence-corrected chi connectivity index (χ2v) is 13.0. The van der Waals surface area contributed by atoms with Crippen molar-refractivity contribution in [1.82, 2.24) is 10.6 Å². The van der Waals surface area contributed by atoms with Crippen molar-refractivity contribution < 1.29 is 18.7 Å². The molecule has 2 amide bonds. The van der Waals surface area contributed by atoms with E-state index in [1.54, 1.807) is 6.08 Å². The number of carbonyl (C=O) groups excluding carboxylic acids is 2. The van der Waals surface area contributed by atoms with Crippen LogP contribution in [-0.4, -0.2) is 50.2 Å². The highest BCUT2D eigenvalue weighted by Crippen LogP contribution is 2.48. The Kier molecular flexibility index (Phi) is 8.61. The smallest absolute Gasteiger partial charge is 0.251 e. The van der Waals surface area contributed by atoms with Gasteiger partial charge in [-0.05, 0) is 124 Å². The predicted molar refractivity (Wildman–Crippen MR) is 178 cm³/mol. The van der Waals surface area contributed by atoms with Crippen LogP contribution >= 0.6 is 0 Å². The molecule has 1 saturated heterocycles. The third kappa shape index (κ3) is 5.81. The molecule has 1 aliphatic carbocycles. The van der Waals surface area contributed by atoms with Gasteiger partial charge in [0.25, 0.3) is 5.91 Å². The minimum atomic E-state index is -0.769. The molecule has 2 aromatic rings. The molecule has 3 aliphatic heterocycles. The number of nitrogens with one attached hydrogen (secondary N) is 3. The number of hydrogen-bond donors (Lipinski definition) is 3. The zero-order valence-electron chi connectivity index (χ0n) is 27.1. The van der Waals surface area contributed by atoms with Crippen molar-refractivity contribution in [3.63, 3.8) is 0 Å². The van der Waals surface area contributed by atoms with Crippen molar-refractivity contribution >= 4 is 23.2 Å². The Morgan fingerprint density at radius 1 is 1.13 bits per heavy atom. The van der Waals surface area contributed by atoms with Crippen LogP contribution in [0, 0.1) is 6.92 Å². The average Bonchev–Trinajstić information content (AvgIpc) is 3.29. The van der Waals surface area contributed by atoms with E-state index in [9.17, 15) is 14.0 Å². The van der Waals surface area contributed by atoms with Crippen molar-refractivity contribution in [3.8, 4) is 11.1 Å².